The topological polar surface area (TPSA) is 149 Å². The summed E-state index contributed by atoms with van der Waals surface area (Å²) in [6, 6.07) is 23.0. The lowest BCUT2D eigenvalue weighted by atomic mass is 9.73. The Morgan fingerprint density at radius 3 is 1.83 bits per heavy atom. The second kappa shape index (κ2) is 26.2. The van der Waals surface area contributed by atoms with Gasteiger partial charge in [0.15, 0.2) is 0 Å². The molecule has 4 bridgehead atoms. The van der Waals surface area contributed by atoms with Crippen molar-refractivity contribution in [1.29, 1.82) is 0 Å². The van der Waals surface area contributed by atoms with E-state index in [0.717, 1.165) is 164 Å². The average molecular weight is 1270 g/mol. The number of ether oxygens (including phenoxy) is 5. The molecule has 18 heteroatoms. The van der Waals surface area contributed by atoms with E-state index < -0.39 is 0 Å². The van der Waals surface area contributed by atoms with Crippen LogP contribution in [0.3, 0.4) is 0 Å². The predicted octanol–water partition coefficient (Wildman–Crippen LogP) is 12.0. The first-order chi connectivity index (χ1) is 44.8. The number of likely N-dealkylation sites (tertiary alicyclic amines) is 4. The molecule has 0 radical (unpaired) electrons. The van der Waals surface area contributed by atoms with Crippen molar-refractivity contribution in [2.45, 2.75) is 213 Å². The highest BCUT2D eigenvalue weighted by molar-refractivity contribution is 5.95. The lowest BCUT2D eigenvalue weighted by molar-refractivity contribution is -0.116. The summed E-state index contributed by atoms with van der Waals surface area (Å²) in [5, 5.41) is 3.66. The van der Waals surface area contributed by atoms with Crippen molar-refractivity contribution in [3.63, 3.8) is 0 Å². The maximum absolute atomic E-state index is 14.4. The molecular weight excluding hydrogens is 1160 g/mol. The van der Waals surface area contributed by atoms with E-state index in [2.05, 4.69) is 62.5 Å². The van der Waals surface area contributed by atoms with Crippen molar-refractivity contribution in [2.24, 2.45) is 11.8 Å². The first-order valence-electron chi connectivity index (χ1n) is 36.2. The molecule has 11 fully saturated rings. The average Bonchev–Trinajstić information content (AvgIpc) is 1.61. The number of benzene rings is 3. The molecule has 3 aliphatic carbocycles. The number of nitrogens with one attached hydrogen (secondary N) is 1. The Bertz CT molecular complexity index is 3150. The third kappa shape index (κ3) is 12.3. The molecule has 11 aliphatic heterocycles. The number of piperidine rings is 5. The first-order valence-corrected chi connectivity index (χ1v) is 36.2. The van der Waals surface area contributed by atoms with Crippen LogP contribution >= 0.6 is 0 Å². The largest absolute Gasteiger partial charge is 0.450 e. The van der Waals surface area contributed by atoms with Crippen molar-refractivity contribution in [3.8, 4) is 0 Å². The van der Waals surface area contributed by atoms with E-state index in [0.29, 0.717) is 63.5 Å². The standard InChI is InChI=1S/C29H38FN3O6.C25H35N3O3.C20H28N2.H2/c30-19-1-4-26-25(13-19)29(18-32(26)27(34)38-23-5-11-36-16-23)7-9-31(10-8-29)22-14-20-2-3-21(15-22)33(20)28(35)39-24-6-12-37-17-24;1-3-31-24(30)27-12-8-21(9-13-27)26-14-10-25(11-15-26)17-28(18(2)29)23-7-6-20(16-22(23)25)19-4-5-19;1-2-4-18-17(3-1)20(14-21-18)9-11-22(12-10-20)19-8-6-15-5-7-16(19)13-15;/h1,4,13,20-24H,2-3,5-12,14-18H2;6-7,16,19,21H,3-5,8-15,17H2,1-2H3;1-4,15-16,19,21H,5-14H2;1H/t20?,21?,22?,23-,24+;;;/m0.../s1. The molecule has 11 heterocycles. The van der Waals surface area contributed by atoms with Gasteiger partial charge in [0, 0.05) is 112 Å². The van der Waals surface area contributed by atoms with E-state index in [-0.39, 0.29) is 66.6 Å². The van der Waals surface area contributed by atoms with Gasteiger partial charge in [-0.15, -0.1) is 0 Å². The molecule has 3 aromatic rings. The highest BCUT2D eigenvalue weighted by Crippen LogP contribution is 2.53. The number of nitrogens with zero attached hydrogens (tertiary/aromatic N) is 7. The number of fused-ring (bicyclic) bond motifs is 10. The van der Waals surface area contributed by atoms with Crippen molar-refractivity contribution < 1.29 is 48.7 Å². The quantitative estimate of drug-likeness (QED) is 0.224. The number of hydrogen-bond donors (Lipinski definition) is 1. The molecule has 8 saturated heterocycles. The SMILES string of the molecule is CCOC(=O)N1CCC(N2CCC3(CC2)CN(C(C)=O)c2ccc(C4CC4)cc23)CC1.O=C(O[C@H]1CCOC1)N1CC2(CCN(C3CC4CCC(C3)N4C(=O)O[C@@H]3CCOC3)CC2)c2cc(F)ccc21.[HH].c1ccc2c(c1)NCC21CCN(C2CCC3CCC2C3)CC1. The van der Waals surface area contributed by atoms with Gasteiger partial charge in [-0.05, 0) is 232 Å². The number of hydrogen-bond acceptors (Lipinski definition) is 13. The lowest BCUT2D eigenvalue weighted by Gasteiger charge is -2.47. The summed E-state index contributed by atoms with van der Waals surface area (Å²) in [5.41, 5.74) is 8.99. The van der Waals surface area contributed by atoms with Crippen LogP contribution in [0.5, 0.6) is 0 Å². The van der Waals surface area contributed by atoms with Crippen LogP contribution in [0.25, 0.3) is 0 Å². The molecule has 17 nitrogen and oxygen atoms in total. The van der Waals surface area contributed by atoms with Gasteiger partial charge in [0.1, 0.15) is 18.0 Å². The summed E-state index contributed by atoms with van der Waals surface area (Å²) < 4.78 is 41.8. The zero-order valence-electron chi connectivity index (χ0n) is 54.9. The normalized spacial score (nSPS) is 30.9. The van der Waals surface area contributed by atoms with Gasteiger partial charge in [0.2, 0.25) is 5.91 Å². The molecule has 17 rings (SSSR count). The zero-order chi connectivity index (χ0) is 62.7. The van der Waals surface area contributed by atoms with Crippen molar-refractivity contribution >= 4 is 41.2 Å². The van der Waals surface area contributed by atoms with Crippen molar-refractivity contribution in [2.75, 3.05) is 120 Å². The van der Waals surface area contributed by atoms with Gasteiger partial charge < -0.3 is 58.4 Å². The molecule has 0 aromatic heterocycles. The highest BCUT2D eigenvalue weighted by Gasteiger charge is 2.53. The Morgan fingerprint density at radius 2 is 1.17 bits per heavy atom. The number of rotatable bonds is 7. The smallest absolute Gasteiger partial charge is 0.414 e. The lowest BCUT2D eigenvalue weighted by Crippen LogP contribution is -2.56. The molecule has 14 aliphatic rings. The van der Waals surface area contributed by atoms with Gasteiger partial charge in [-0.1, -0.05) is 36.8 Å². The van der Waals surface area contributed by atoms with Crippen LogP contribution in [-0.2, 0) is 44.7 Å². The maximum atomic E-state index is 14.4. The zero-order valence-corrected chi connectivity index (χ0v) is 54.9. The molecule has 5 unspecified atom stereocenters. The Morgan fingerprint density at radius 1 is 0.576 bits per heavy atom. The van der Waals surface area contributed by atoms with E-state index >= 15 is 0 Å². The maximum Gasteiger partial charge on any atom is 0.414 e. The number of amides is 4. The Labute approximate surface area is 546 Å². The molecule has 500 valence electrons. The monoisotopic (exact) mass is 1270 g/mol. The first kappa shape index (κ1) is 62.6. The summed E-state index contributed by atoms with van der Waals surface area (Å²) in [6.45, 7) is 16.9. The number of para-hydroxylation sites is 1. The van der Waals surface area contributed by atoms with Gasteiger partial charge in [-0.25, -0.2) is 18.8 Å². The van der Waals surface area contributed by atoms with Crippen LogP contribution in [0, 0.1) is 17.7 Å². The van der Waals surface area contributed by atoms with Gasteiger partial charge >= 0.3 is 18.3 Å². The third-order valence-electron chi connectivity index (χ3n) is 25.4. The fourth-order valence-electron chi connectivity index (χ4n) is 20.0. The van der Waals surface area contributed by atoms with Gasteiger partial charge in [-0.2, -0.15) is 0 Å². The Balaban J connectivity index is 0.000000125. The van der Waals surface area contributed by atoms with Crippen LogP contribution in [0.15, 0.2) is 60.7 Å². The second-order valence-electron chi connectivity index (χ2n) is 30.4. The second-order valence-corrected chi connectivity index (χ2v) is 30.4. The van der Waals surface area contributed by atoms with Gasteiger partial charge in [0.05, 0.1) is 38.7 Å². The van der Waals surface area contributed by atoms with Crippen molar-refractivity contribution in [1.82, 2.24) is 24.5 Å². The molecule has 1 N–H and O–H groups in total. The Kier molecular flexibility index (Phi) is 17.8. The van der Waals surface area contributed by atoms with E-state index in [1.807, 2.05) is 21.6 Å². The van der Waals surface area contributed by atoms with Crippen molar-refractivity contribution in [3.05, 3.63) is 88.7 Å². The van der Waals surface area contributed by atoms with Crippen LogP contribution in [0.2, 0.25) is 0 Å². The fourth-order valence-corrected chi connectivity index (χ4v) is 20.0. The van der Waals surface area contributed by atoms with E-state index in [9.17, 15) is 23.6 Å². The minimum absolute atomic E-state index is 0. The van der Waals surface area contributed by atoms with E-state index in [1.165, 1.54) is 93.8 Å². The summed E-state index contributed by atoms with van der Waals surface area (Å²) in [4.78, 5) is 66.1. The third-order valence-corrected chi connectivity index (χ3v) is 25.4. The van der Waals surface area contributed by atoms with Crippen LogP contribution in [0.1, 0.15) is 178 Å². The van der Waals surface area contributed by atoms with Crippen LogP contribution in [-0.4, -0.2) is 196 Å². The van der Waals surface area contributed by atoms with E-state index in [4.69, 9.17) is 23.7 Å². The highest BCUT2D eigenvalue weighted by atomic mass is 19.1. The number of carbonyl (C=O) groups is 4. The molecule has 3 spiro atoms. The molecule has 3 aromatic carbocycles. The Hall–Kier alpha value is -5.53. The predicted molar refractivity (Wildman–Crippen MR) is 353 cm³/mol. The summed E-state index contributed by atoms with van der Waals surface area (Å²) in [5.74, 6) is 2.74. The summed E-state index contributed by atoms with van der Waals surface area (Å²) in [6.07, 6.45) is 23.3. The summed E-state index contributed by atoms with van der Waals surface area (Å²) in [7, 11) is 0. The minimum Gasteiger partial charge on any atom is -0.450 e. The minimum atomic E-state index is -0.363. The summed E-state index contributed by atoms with van der Waals surface area (Å²) >= 11 is 0. The molecule has 4 amide bonds. The molecular formula is C74H103FN8O9. The number of halogens is 1. The van der Waals surface area contributed by atoms with Gasteiger partial charge in [0.25, 0.3) is 0 Å². The fraction of sp³-hybridized carbons (Fsp3) is 0.703. The van der Waals surface area contributed by atoms with Gasteiger partial charge in [-0.3, -0.25) is 9.69 Å². The van der Waals surface area contributed by atoms with Crippen LogP contribution < -0.4 is 15.1 Å². The number of carbonyl (C=O) groups excluding carboxylic acids is 4. The molecule has 3 saturated carbocycles. The molecule has 92 heavy (non-hydrogen) atoms. The van der Waals surface area contributed by atoms with Crippen LogP contribution in [0.4, 0.5) is 35.8 Å². The molecule has 7 atom stereocenters. The van der Waals surface area contributed by atoms with E-state index in [1.54, 1.807) is 29.5 Å². The number of anilines is 3.